The van der Waals surface area contributed by atoms with Gasteiger partial charge in [-0.25, -0.2) is 0 Å². The Morgan fingerprint density at radius 3 is 2.63 bits per heavy atom. The molecule has 0 spiro atoms. The number of amides is 2. The van der Waals surface area contributed by atoms with Gasteiger partial charge in [0.2, 0.25) is 11.8 Å². The van der Waals surface area contributed by atoms with Gasteiger partial charge in [-0.3, -0.25) is 14.4 Å². The molecule has 0 saturated carbocycles. The Balaban J connectivity index is 1.99. The Morgan fingerprint density at radius 1 is 1.29 bits per heavy atom. The lowest BCUT2D eigenvalue weighted by Gasteiger charge is -2.36. The molecule has 196 valence electrons. The number of aliphatic hydroxyl groups excluding tert-OH is 1. The zero-order chi connectivity index (χ0) is 26.2. The van der Waals surface area contributed by atoms with Crippen LogP contribution in [0.4, 0.5) is 5.69 Å². The van der Waals surface area contributed by atoms with Crippen molar-refractivity contribution in [1.29, 1.82) is 0 Å². The molecule has 0 unspecified atom stereocenters. The fraction of sp³-hybridized carbons (Fsp3) is 0.667. The van der Waals surface area contributed by atoms with E-state index in [2.05, 4.69) is 18.0 Å². The van der Waals surface area contributed by atoms with E-state index in [4.69, 9.17) is 4.74 Å². The van der Waals surface area contributed by atoms with Crippen LogP contribution < -0.4 is 16.0 Å². The van der Waals surface area contributed by atoms with Crippen LogP contribution in [0.5, 0.6) is 0 Å². The zero-order valence-corrected chi connectivity index (χ0v) is 22.0. The van der Waals surface area contributed by atoms with Crippen LogP contribution in [-0.2, 0) is 25.5 Å². The number of aliphatic hydroxyl groups is 1. The van der Waals surface area contributed by atoms with Crippen molar-refractivity contribution in [1.82, 2.24) is 5.32 Å². The van der Waals surface area contributed by atoms with E-state index in [1.807, 2.05) is 45.0 Å². The number of hydrogen-bond acceptors (Lipinski definition) is 5. The van der Waals surface area contributed by atoms with Crippen LogP contribution >= 0.6 is 0 Å². The minimum Gasteiger partial charge on any atom is -0.469 e. The van der Waals surface area contributed by atoms with Gasteiger partial charge in [0, 0.05) is 37.5 Å². The van der Waals surface area contributed by atoms with Crippen LogP contribution in [0.1, 0.15) is 65.4 Å². The molecule has 0 fully saturated rings. The van der Waals surface area contributed by atoms with Crippen molar-refractivity contribution >= 4 is 23.5 Å². The number of nitrogens with one attached hydrogen (secondary N) is 1. The summed E-state index contributed by atoms with van der Waals surface area (Å²) in [5, 5.41) is 13.6. The third kappa shape index (κ3) is 8.32. The number of quaternary nitrogens is 1. The average molecular weight is 491 g/mol. The first-order valence-electron chi connectivity index (χ1n) is 12.7. The number of rotatable bonds is 12. The lowest BCUT2D eigenvalue weighted by atomic mass is 9.79. The van der Waals surface area contributed by atoms with Gasteiger partial charge in [-0.05, 0) is 36.3 Å². The van der Waals surface area contributed by atoms with Crippen LogP contribution in [0.2, 0.25) is 0 Å². The van der Waals surface area contributed by atoms with Crippen molar-refractivity contribution in [2.75, 3.05) is 25.1 Å². The number of carbonyl (C=O) groups excluding carboxylic acids is 3. The molecule has 1 aromatic carbocycles. The maximum atomic E-state index is 13.4. The number of para-hydroxylation sites is 1. The molecule has 0 aliphatic carbocycles. The van der Waals surface area contributed by atoms with Gasteiger partial charge in [0.25, 0.3) is 0 Å². The Morgan fingerprint density at radius 2 is 1.97 bits per heavy atom. The number of esters is 1. The largest absolute Gasteiger partial charge is 0.469 e. The number of hydrogen-bond donors (Lipinski definition) is 3. The quantitative estimate of drug-likeness (QED) is 0.306. The summed E-state index contributed by atoms with van der Waals surface area (Å²) in [5.41, 5.74) is 5.51. The van der Waals surface area contributed by atoms with Crippen molar-refractivity contribution in [3.63, 3.8) is 0 Å². The van der Waals surface area contributed by atoms with Crippen LogP contribution in [0.15, 0.2) is 24.3 Å². The van der Waals surface area contributed by atoms with Gasteiger partial charge in [-0.15, -0.1) is 0 Å². The molecule has 0 radical (unpaired) electrons. The predicted molar refractivity (Wildman–Crippen MR) is 135 cm³/mol. The van der Waals surface area contributed by atoms with Crippen LogP contribution in [0.25, 0.3) is 0 Å². The van der Waals surface area contributed by atoms with Crippen molar-refractivity contribution in [3.05, 3.63) is 29.8 Å². The van der Waals surface area contributed by atoms with E-state index in [9.17, 15) is 19.5 Å². The molecule has 0 aromatic heterocycles. The van der Waals surface area contributed by atoms with E-state index in [1.54, 1.807) is 4.90 Å². The van der Waals surface area contributed by atoms with Gasteiger partial charge in [-0.1, -0.05) is 52.3 Å². The molecule has 0 bridgehead atoms. The van der Waals surface area contributed by atoms with Gasteiger partial charge in [0.1, 0.15) is 12.1 Å². The Hall–Kier alpha value is -2.45. The number of carbonyl (C=O) groups is 3. The SMILES string of the molecule is CCCCNC(=O)[C@H](C)C[C@H](O)[C@@H]([NH3+])CC(C)(C)CC(=O)N1C[C@H](C(=O)OC)Cc2ccccc21. The summed E-state index contributed by atoms with van der Waals surface area (Å²) >= 11 is 0. The molecule has 5 N–H and O–H groups in total. The number of ether oxygens (including phenoxy) is 1. The molecular weight excluding hydrogens is 446 g/mol. The van der Waals surface area contributed by atoms with Gasteiger partial charge in [-0.2, -0.15) is 0 Å². The summed E-state index contributed by atoms with van der Waals surface area (Å²) in [6.07, 6.45) is 2.86. The Labute approximate surface area is 209 Å². The minimum atomic E-state index is -0.740. The fourth-order valence-corrected chi connectivity index (χ4v) is 4.80. The smallest absolute Gasteiger partial charge is 0.310 e. The molecule has 0 saturated heterocycles. The highest BCUT2D eigenvalue weighted by atomic mass is 16.5. The lowest BCUT2D eigenvalue weighted by Crippen LogP contribution is -2.67. The zero-order valence-electron chi connectivity index (χ0n) is 22.0. The van der Waals surface area contributed by atoms with Crippen molar-refractivity contribution in [2.24, 2.45) is 17.3 Å². The second-order valence-corrected chi connectivity index (χ2v) is 10.7. The number of methoxy groups -OCH3 is 1. The monoisotopic (exact) mass is 490 g/mol. The topological polar surface area (TPSA) is 124 Å². The molecule has 1 aliphatic rings. The van der Waals surface area contributed by atoms with Gasteiger partial charge in [0.15, 0.2) is 0 Å². The van der Waals surface area contributed by atoms with Crippen molar-refractivity contribution in [2.45, 2.75) is 78.4 Å². The van der Waals surface area contributed by atoms with E-state index < -0.39 is 17.4 Å². The molecular formula is C27H44N3O5+. The molecule has 8 nitrogen and oxygen atoms in total. The van der Waals surface area contributed by atoms with E-state index >= 15 is 0 Å². The predicted octanol–water partition coefficient (Wildman–Crippen LogP) is 2.09. The van der Waals surface area contributed by atoms with E-state index in [0.717, 1.165) is 24.1 Å². The number of unbranched alkanes of at least 4 members (excludes halogenated alkanes) is 1. The minimum absolute atomic E-state index is 0.0527. The van der Waals surface area contributed by atoms with Gasteiger partial charge >= 0.3 is 5.97 Å². The molecule has 2 amide bonds. The second-order valence-electron chi connectivity index (χ2n) is 10.7. The molecule has 35 heavy (non-hydrogen) atoms. The van der Waals surface area contributed by atoms with E-state index in [1.165, 1.54) is 7.11 Å². The third-order valence-electron chi connectivity index (χ3n) is 6.85. The third-order valence-corrected chi connectivity index (χ3v) is 6.85. The van der Waals surface area contributed by atoms with Crippen LogP contribution in [0, 0.1) is 17.3 Å². The summed E-state index contributed by atoms with van der Waals surface area (Å²) in [7, 11) is 1.37. The molecule has 1 aliphatic heterocycles. The number of nitrogens with zero attached hydrogens (tertiary/aromatic N) is 1. The Kier molecular flexibility index (Phi) is 10.7. The number of fused-ring (bicyclic) bond motifs is 1. The first-order chi connectivity index (χ1) is 16.5. The lowest BCUT2D eigenvalue weighted by molar-refractivity contribution is -0.443. The molecule has 2 rings (SSSR count). The van der Waals surface area contributed by atoms with Gasteiger partial charge < -0.3 is 25.8 Å². The van der Waals surface area contributed by atoms with E-state index in [-0.39, 0.29) is 36.2 Å². The summed E-state index contributed by atoms with van der Waals surface area (Å²) < 4.78 is 4.95. The molecule has 4 atom stereocenters. The summed E-state index contributed by atoms with van der Waals surface area (Å²) in [6.45, 7) is 8.81. The highest BCUT2D eigenvalue weighted by molar-refractivity contribution is 5.96. The first kappa shape index (κ1) is 28.8. The standard InChI is InChI=1S/C27H43N3O5/c1-6-7-12-29-25(33)18(2)13-23(31)21(28)15-27(3,4)16-24(32)30-17-20(26(34)35-5)14-19-10-8-9-11-22(19)30/h8-11,18,20-21,23,31H,6-7,12-17,28H2,1-5H3,(H,29,33)/p+1/t18-,20-,21+,23+/m1/s1. The number of anilines is 1. The summed E-state index contributed by atoms with van der Waals surface area (Å²) in [4.78, 5) is 39.6. The fourth-order valence-electron chi connectivity index (χ4n) is 4.80. The van der Waals surface area contributed by atoms with Crippen molar-refractivity contribution < 1.29 is 30.0 Å². The number of benzene rings is 1. The van der Waals surface area contributed by atoms with Crippen molar-refractivity contribution in [3.8, 4) is 0 Å². The summed E-state index contributed by atoms with van der Waals surface area (Å²) in [6, 6.07) is 7.34. The van der Waals surface area contributed by atoms with Crippen LogP contribution in [0.3, 0.4) is 0 Å². The highest BCUT2D eigenvalue weighted by Gasteiger charge is 2.37. The molecule has 1 aromatic rings. The summed E-state index contributed by atoms with van der Waals surface area (Å²) in [5.74, 6) is -1.14. The highest BCUT2D eigenvalue weighted by Crippen LogP contribution is 2.34. The first-order valence-corrected chi connectivity index (χ1v) is 12.7. The molecule has 8 heteroatoms. The molecule has 1 heterocycles. The average Bonchev–Trinajstić information content (AvgIpc) is 2.81. The maximum Gasteiger partial charge on any atom is 0.310 e. The Bertz CT molecular complexity index is 872. The second kappa shape index (κ2) is 13.0. The maximum absolute atomic E-state index is 13.4. The van der Waals surface area contributed by atoms with Crippen LogP contribution in [-0.4, -0.2) is 55.2 Å². The van der Waals surface area contributed by atoms with Gasteiger partial charge in [0.05, 0.1) is 13.0 Å². The van der Waals surface area contributed by atoms with E-state index in [0.29, 0.717) is 32.4 Å². The normalized spacial score (nSPS) is 18.3.